The second-order valence-corrected chi connectivity index (χ2v) is 7.29. The predicted octanol–water partition coefficient (Wildman–Crippen LogP) is 3.38. The van der Waals surface area contributed by atoms with E-state index in [0.29, 0.717) is 28.0 Å². The van der Waals surface area contributed by atoms with E-state index in [1.54, 1.807) is 43.3 Å². The number of aliphatic carboxylic acids is 1. The average Bonchev–Trinajstić information content (AvgIpc) is 2.79. The number of benzene rings is 2. The normalized spacial score (nSPS) is 10.6. The van der Waals surface area contributed by atoms with Crippen molar-refractivity contribution in [2.24, 2.45) is 5.10 Å². The molecule has 0 radical (unpaired) electrons. The molecule has 0 fully saturated rings. The fraction of sp³-hybridized carbons (Fsp3) is 0.136. The zero-order valence-corrected chi connectivity index (χ0v) is 18.9. The lowest BCUT2D eigenvalue weighted by Crippen LogP contribution is -2.16. The third kappa shape index (κ3) is 5.96. The Labute approximate surface area is 196 Å². The number of aromatic amines is 1. The van der Waals surface area contributed by atoms with Gasteiger partial charge in [-0.3, -0.25) is 9.78 Å². The molecule has 11 heteroatoms. The Morgan fingerprint density at radius 2 is 2.09 bits per heavy atom. The van der Waals surface area contributed by atoms with Crippen LogP contribution in [0.4, 0.5) is 5.95 Å². The van der Waals surface area contributed by atoms with Crippen LogP contribution >= 0.6 is 15.9 Å². The predicted molar refractivity (Wildman–Crippen MR) is 125 cm³/mol. The van der Waals surface area contributed by atoms with Crippen LogP contribution in [0.25, 0.3) is 11.3 Å². The van der Waals surface area contributed by atoms with Crippen molar-refractivity contribution in [2.45, 2.75) is 6.92 Å². The third-order valence-corrected chi connectivity index (χ3v) is 4.72. The van der Waals surface area contributed by atoms with Crippen molar-refractivity contribution in [1.82, 2.24) is 9.97 Å². The van der Waals surface area contributed by atoms with E-state index in [1.165, 1.54) is 6.21 Å². The van der Waals surface area contributed by atoms with Gasteiger partial charge in [-0.15, -0.1) is 0 Å². The summed E-state index contributed by atoms with van der Waals surface area (Å²) in [7, 11) is 0. The molecule has 1 heterocycles. The number of carboxylic acids is 1. The number of anilines is 1. The molecule has 0 aliphatic rings. The minimum Gasteiger partial charge on any atom is -0.490 e. The van der Waals surface area contributed by atoms with Gasteiger partial charge in [-0.2, -0.15) is 10.4 Å². The Kier molecular flexibility index (Phi) is 7.77. The highest BCUT2D eigenvalue weighted by Gasteiger charge is 2.14. The molecular formula is C22H18BrN5O5. The van der Waals surface area contributed by atoms with E-state index in [2.05, 4.69) is 36.4 Å². The molecule has 0 spiro atoms. The fourth-order valence-electron chi connectivity index (χ4n) is 2.80. The van der Waals surface area contributed by atoms with E-state index in [4.69, 9.17) is 14.6 Å². The second kappa shape index (κ2) is 10.9. The Morgan fingerprint density at radius 3 is 2.76 bits per heavy atom. The molecule has 10 nitrogen and oxygen atoms in total. The number of aromatic nitrogens is 2. The molecular weight excluding hydrogens is 494 g/mol. The largest absolute Gasteiger partial charge is 0.490 e. The molecule has 3 rings (SSSR count). The van der Waals surface area contributed by atoms with Crippen molar-refractivity contribution in [2.75, 3.05) is 18.6 Å². The molecule has 3 N–H and O–H groups in total. The van der Waals surface area contributed by atoms with Gasteiger partial charge in [0.15, 0.2) is 18.1 Å². The van der Waals surface area contributed by atoms with Crippen molar-refractivity contribution in [3.05, 3.63) is 68.4 Å². The van der Waals surface area contributed by atoms with Crippen molar-refractivity contribution in [3.8, 4) is 28.8 Å². The van der Waals surface area contributed by atoms with E-state index in [0.717, 1.165) is 0 Å². The highest BCUT2D eigenvalue weighted by molar-refractivity contribution is 9.10. The summed E-state index contributed by atoms with van der Waals surface area (Å²) in [5, 5.41) is 22.3. The average molecular weight is 512 g/mol. The van der Waals surface area contributed by atoms with Gasteiger partial charge in [-0.1, -0.05) is 30.3 Å². The maximum absolute atomic E-state index is 12.3. The summed E-state index contributed by atoms with van der Waals surface area (Å²) in [6, 6.07) is 14.0. The molecule has 168 valence electrons. The number of hydrazone groups is 1. The third-order valence-electron chi connectivity index (χ3n) is 4.13. The van der Waals surface area contributed by atoms with Gasteiger partial charge < -0.3 is 14.6 Å². The number of hydrogen-bond donors (Lipinski definition) is 3. The molecule has 0 bridgehead atoms. The summed E-state index contributed by atoms with van der Waals surface area (Å²) < 4.78 is 11.3. The highest BCUT2D eigenvalue weighted by atomic mass is 79.9. The number of nitrogens with one attached hydrogen (secondary N) is 2. The molecule has 0 atom stereocenters. The zero-order chi connectivity index (χ0) is 23.8. The number of carboxylic acid groups (broad SMARTS) is 1. The maximum atomic E-state index is 12.3. The van der Waals surface area contributed by atoms with Crippen LogP contribution in [0.15, 0.2) is 56.8 Å². The SMILES string of the molecule is CCOc1cc(C=NNc2nc(-c3ccccc3)c(C#N)c(=O)[nH]2)cc(Br)c1OCC(=O)O. The number of hydrogen-bond acceptors (Lipinski definition) is 8. The Hall–Kier alpha value is -4.17. The van der Waals surface area contributed by atoms with Crippen molar-refractivity contribution in [3.63, 3.8) is 0 Å². The van der Waals surface area contributed by atoms with Crippen LogP contribution in [0.1, 0.15) is 18.1 Å². The van der Waals surface area contributed by atoms with E-state index >= 15 is 0 Å². The second-order valence-electron chi connectivity index (χ2n) is 6.43. The van der Waals surface area contributed by atoms with Crippen molar-refractivity contribution >= 4 is 34.1 Å². The van der Waals surface area contributed by atoms with Gasteiger partial charge >= 0.3 is 5.97 Å². The molecule has 0 saturated heterocycles. The van der Waals surface area contributed by atoms with Crippen molar-refractivity contribution < 1.29 is 19.4 Å². The first-order valence-electron chi connectivity index (χ1n) is 9.62. The number of carbonyl (C=O) groups is 1. The van der Waals surface area contributed by atoms with E-state index in [-0.39, 0.29) is 23.0 Å². The van der Waals surface area contributed by atoms with E-state index in [9.17, 15) is 14.9 Å². The van der Waals surface area contributed by atoms with Crippen LogP contribution in [0.2, 0.25) is 0 Å². The monoisotopic (exact) mass is 511 g/mol. The molecule has 0 saturated carbocycles. The Morgan fingerprint density at radius 1 is 1.33 bits per heavy atom. The van der Waals surface area contributed by atoms with Gasteiger partial charge in [0.05, 0.1) is 23.0 Å². The minimum atomic E-state index is -1.11. The zero-order valence-electron chi connectivity index (χ0n) is 17.3. The lowest BCUT2D eigenvalue weighted by atomic mass is 10.1. The van der Waals surface area contributed by atoms with Gasteiger partial charge in [0, 0.05) is 5.56 Å². The first kappa shape index (κ1) is 23.5. The summed E-state index contributed by atoms with van der Waals surface area (Å²) >= 11 is 3.35. The summed E-state index contributed by atoms with van der Waals surface area (Å²) in [5.74, 6) is -0.460. The highest BCUT2D eigenvalue weighted by Crippen LogP contribution is 2.36. The van der Waals surface area contributed by atoms with Crippen LogP contribution in [-0.4, -0.2) is 40.5 Å². The first-order valence-corrected chi connectivity index (χ1v) is 10.4. The smallest absolute Gasteiger partial charge is 0.341 e. The summed E-state index contributed by atoms with van der Waals surface area (Å²) in [5.41, 5.74) is 3.41. The molecule has 2 aromatic carbocycles. The summed E-state index contributed by atoms with van der Waals surface area (Å²) in [4.78, 5) is 29.9. The standard InChI is InChI=1S/C22H18BrN5O5/c1-2-32-17-9-13(8-16(23)20(17)33-12-18(29)30)11-25-28-22-26-19(14-6-4-3-5-7-14)15(10-24)21(31)27-22/h3-9,11H,2,12H2,1H3,(H,29,30)(H2,26,27,28,31). The molecule has 0 aliphatic heterocycles. The lowest BCUT2D eigenvalue weighted by Gasteiger charge is -2.13. The van der Waals surface area contributed by atoms with Gasteiger partial charge in [0.1, 0.15) is 11.6 Å². The van der Waals surface area contributed by atoms with Gasteiger partial charge in [-0.05, 0) is 40.5 Å². The van der Waals surface area contributed by atoms with Crippen LogP contribution < -0.4 is 20.5 Å². The van der Waals surface area contributed by atoms with Gasteiger partial charge in [0.2, 0.25) is 5.95 Å². The number of nitriles is 1. The Balaban J connectivity index is 1.87. The first-order chi connectivity index (χ1) is 15.9. The molecule has 0 aliphatic carbocycles. The van der Waals surface area contributed by atoms with Crippen molar-refractivity contribution in [1.29, 1.82) is 5.26 Å². The molecule has 0 amide bonds. The van der Waals surface area contributed by atoms with E-state index in [1.807, 2.05) is 12.1 Å². The minimum absolute atomic E-state index is 0.0552. The van der Waals surface area contributed by atoms with E-state index < -0.39 is 18.1 Å². The molecule has 33 heavy (non-hydrogen) atoms. The van der Waals surface area contributed by atoms with Crippen LogP contribution in [-0.2, 0) is 4.79 Å². The number of rotatable bonds is 9. The number of H-pyrrole nitrogens is 1. The number of halogens is 1. The van der Waals surface area contributed by atoms with Crippen LogP contribution in [0.5, 0.6) is 11.5 Å². The summed E-state index contributed by atoms with van der Waals surface area (Å²) in [6.07, 6.45) is 1.45. The van der Waals surface area contributed by atoms with Crippen LogP contribution in [0.3, 0.4) is 0 Å². The fourth-order valence-corrected chi connectivity index (χ4v) is 3.38. The summed E-state index contributed by atoms with van der Waals surface area (Å²) in [6.45, 7) is 1.61. The molecule has 3 aromatic rings. The van der Waals surface area contributed by atoms with Gasteiger partial charge in [-0.25, -0.2) is 15.2 Å². The maximum Gasteiger partial charge on any atom is 0.341 e. The molecule has 0 unspecified atom stereocenters. The Bertz CT molecular complexity index is 1280. The number of nitrogens with zero attached hydrogens (tertiary/aromatic N) is 3. The van der Waals surface area contributed by atoms with Crippen LogP contribution in [0, 0.1) is 11.3 Å². The number of ether oxygens (including phenoxy) is 2. The lowest BCUT2D eigenvalue weighted by molar-refractivity contribution is -0.139. The molecule has 1 aromatic heterocycles. The van der Waals surface area contributed by atoms with Gasteiger partial charge in [0.25, 0.3) is 5.56 Å². The topological polar surface area (TPSA) is 150 Å². The quantitative estimate of drug-likeness (QED) is 0.292.